The molecule has 0 amide bonds. The van der Waals surface area contributed by atoms with Crippen molar-refractivity contribution in [3.05, 3.63) is 53.5 Å². The number of furan rings is 1. The van der Waals surface area contributed by atoms with Crippen molar-refractivity contribution in [3.8, 4) is 0 Å². The molecule has 1 nitrogen and oxygen atoms in total. The van der Waals surface area contributed by atoms with Crippen molar-refractivity contribution in [3.63, 3.8) is 0 Å². The van der Waals surface area contributed by atoms with Crippen molar-refractivity contribution in [1.82, 2.24) is 0 Å². The van der Waals surface area contributed by atoms with E-state index in [1.807, 2.05) is 12.3 Å². The molecule has 3 rings (SSSR count). The van der Waals surface area contributed by atoms with Crippen LogP contribution in [0, 0.1) is 0 Å². The molecular formula is C15H14O. The molecule has 2 aromatic rings. The van der Waals surface area contributed by atoms with E-state index in [0.717, 1.165) is 12.2 Å². The first-order valence-electron chi connectivity index (χ1n) is 5.59. The second kappa shape index (κ2) is 3.38. The van der Waals surface area contributed by atoms with Crippen LogP contribution in [0.1, 0.15) is 26.0 Å². The fourth-order valence-electron chi connectivity index (χ4n) is 2.25. The van der Waals surface area contributed by atoms with Gasteiger partial charge in [0, 0.05) is 10.8 Å². The Morgan fingerprint density at radius 3 is 2.69 bits per heavy atom. The molecule has 0 unspecified atom stereocenters. The zero-order chi connectivity index (χ0) is 11.1. The van der Waals surface area contributed by atoms with Crippen molar-refractivity contribution < 1.29 is 4.42 Å². The van der Waals surface area contributed by atoms with Gasteiger partial charge in [0.05, 0.1) is 6.26 Å². The Labute approximate surface area is 95.1 Å². The lowest BCUT2D eigenvalue weighted by Gasteiger charge is -1.99. The minimum Gasteiger partial charge on any atom is -0.463 e. The van der Waals surface area contributed by atoms with Gasteiger partial charge < -0.3 is 4.42 Å². The van der Waals surface area contributed by atoms with Gasteiger partial charge in [-0.05, 0) is 25.8 Å². The lowest BCUT2D eigenvalue weighted by atomic mass is 10.1. The summed E-state index contributed by atoms with van der Waals surface area (Å²) >= 11 is 0. The fraction of sp³-hybridized carbons (Fsp3) is 0.200. The van der Waals surface area contributed by atoms with Crippen molar-refractivity contribution >= 4 is 16.3 Å². The first-order chi connectivity index (χ1) is 7.75. The maximum atomic E-state index is 5.70. The normalized spacial score (nSPS) is 16.0. The quantitative estimate of drug-likeness (QED) is 0.672. The molecule has 0 radical (unpaired) electrons. The number of hydrogen-bond donors (Lipinski definition) is 0. The third-order valence-electron chi connectivity index (χ3n) is 3.32. The highest BCUT2D eigenvalue weighted by Gasteiger charge is 2.16. The molecule has 1 aliphatic carbocycles. The summed E-state index contributed by atoms with van der Waals surface area (Å²) in [4.78, 5) is 0. The van der Waals surface area contributed by atoms with Gasteiger partial charge in [-0.3, -0.25) is 0 Å². The monoisotopic (exact) mass is 210 g/mol. The summed E-state index contributed by atoms with van der Waals surface area (Å²) in [7, 11) is 0. The Balaban J connectivity index is 2.12. The first kappa shape index (κ1) is 9.46. The van der Waals surface area contributed by atoms with E-state index in [2.05, 4.69) is 38.1 Å². The second-order valence-electron chi connectivity index (χ2n) is 4.46. The minimum atomic E-state index is 1.02. The summed E-state index contributed by atoms with van der Waals surface area (Å²) in [6.45, 7) is 4.34. The van der Waals surface area contributed by atoms with E-state index < -0.39 is 0 Å². The van der Waals surface area contributed by atoms with E-state index in [1.165, 1.54) is 27.5 Å². The maximum Gasteiger partial charge on any atom is 0.138 e. The molecule has 1 aromatic heterocycles. The summed E-state index contributed by atoms with van der Waals surface area (Å²) in [6.07, 6.45) is 5.10. The number of benzene rings is 1. The van der Waals surface area contributed by atoms with Crippen LogP contribution in [0.15, 0.2) is 52.2 Å². The summed E-state index contributed by atoms with van der Waals surface area (Å²) in [5.74, 6) is 1.03. The van der Waals surface area contributed by atoms with Crippen molar-refractivity contribution in [2.24, 2.45) is 0 Å². The van der Waals surface area contributed by atoms with E-state index >= 15 is 0 Å². The predicted molar refractivity (Wildman–Crippen MR) is 67.2 cm³/mol. The Hall–Kier alpha value is -1.76. The van der Waals surface area contributed by atoms with Gasteiger partial charge in [-0.25, -0.2) is 0 Å². The highest BCUT2D eigenvalue weighted by atomic mass is 16.3. The molecular weight excluding hydrogens is 196 g/mol. The third-order valence-corrected chi connectivity index (χ3v) is 3.32. The lowest BCUT2D eigenvalue weighted by molar-refractivity contribution is 0.557. The Morgan fingerprint density at radius 1 is 1.12 bits per heavy atom. The van der Waals surface area contributed by atoms with Gasteiger partial charge in [-0.15, -0.1) is 0 Å². The second-order valence-corrected chi connectivity index (χ2v) is 4.46. The molecule has 0 N–H and O–H groups in total. The third kappa shape index (κ3) is 1.32. The van der Waals surface area contributed by atoms with E-state index in [9.17, 15) is 0 Å². The van der Waals surface area contributed by atoms with Crippen molar-refractivity contribution in [2.75, 3.05) is 0 Å². The molecule has 0 aliphatic heterocycles. The molecule has 1 aromatic carbocycles. The molecule has 80 valence electrons. The highest BCUT2D eigenvalue weighted by Crippen LogP contribution is 2.36. The first-order valence-corrected chi connectivity index (χ1v) is 5.59. The Kier molecular flexibility index (Phi) is 2.00. The van der Waals surface area contributed by atoms with E-state index in [4.69, 9.17) is 4.42 Å². The number of fused-ring (bicyclic) bond motifs is 1. The number of rotatable bonds is 1. The molecule has 0 saturated carbocycles. The summed E-state index contributed by atoms with van der Waals surface area (Å²) in [5.41, 5.74) is 4.11. The zero-order valence-corrected chi connectivity index (χ0v) is 9.58. The number of hydrogen-bond acceptors (Lipinski definition) is 1. The topological polar surface area (TPSA) is 13.1 Å². The molecule has 0 saturated heterocycles. The van der Waals surface area contributed by atoms with Crippen molar-refractivity contribution in [2.45, 2.75) is 20.3 Å². The van der Waals surface area contributed by atoms with Crippen LogP contribution in [0.2, 0.25) is 0 Å². The smallest absolute Gasteiger partial charge is 0.138 e. The van der Waals surface area contributed by atoms with Crippen LogP contribution in [0.3, 0.4) is 0 Å². The zero-order valence-electron chi connectivity index (χ0n) is 9.58. The van der Waals surface area contributed by atoms with Crippen LogP contribution >= 0.6 is 0 Å². The van der Waals surface area contributed by atoms with Crippen LogP contribution in [-0.4, -0.2) is 0 Å². The predicted octanol–water partition coefficient (Wildman–Crippen LogP) is 4.56. The largest absolute Gasteiger partial charge is 0.463 e. The van der Waals surface area contributed by atoms with Crippen LogP contribution in [-0.2, 0) is 0 Å². The van der Waals surface area contributed by atoms with Gasteiger partial charge in [-0.2, -0.15) is 0 Å². The van der Waals surface area contributed by atoms with Crippen LogP contribution in [0.25, 0.3) is 16.3 Å². The minimum absolute atomic E-state index is 1.02. The number of allylic oxidation sites excluding steroid dienone is 4. The van der Waals surface area contributed by atoms with Gasteiger partial charge in [0.15, 0.2) is 0 Å². The van der Waals surface area contributed by atoms with E-state index in [1.54, 1.807) is 0 Å². The maximum absolute atomic E-state index is 5.70. The summed E-state index contributed by atoms with van der Waals surface area (Å²) in [6, 6.07) is 8.31. The van der Waals surface area contributed by atoms with Crippen LogP contribution in [0.4, 0.5) is 0 Å². The standard InChI is InChI=1S/C15H14O/c1-10-7-13(8-11(10)2)15-14-6-4-3-5-12(14)9-16-15/h3-7,9H,8H2,1-2H3. The molecule has 0 atom stereocenters. The molecule has 0 bridgehead atoms. The van der Waals surface area contributed by atoms with Gasteiger partial charge in [0.2, 0.25) is 0 Å². The highest BCUT2D eigenvalue weighted by molar-refractivity contribution is 5.93. The average molecular weight is 210 g/mol. The lowest BCUT2D eigenvalue weighted by Crippen LogP contribution is -1.79. The van der Waals surface area contributed by atoms with Gasteiger partial charge in [0.25, 0.3) is 0 Å². The summed E-state index contributed by atoms with van der Waals surface area (Å²) in [5, 5.41) is 2.40. The summed E-state index contributed by atoms with van der Waals surface area (Å²) < 4.78 is 5.70. The molecule has 16 heavy (non-hydrogen) atoms. The molecule has 1 heterocycles. The van der Waals surface area contributed by atoms with Crippen molar-refractivity contribution in [1.29, 1.82) is 0 Å². The molecule has 0 spiro atoms. The Bertz CT molecular complexity index is 611. The SMILES string of the molecule is CC1=C(C)CC(c2occ3ccccc23)=C1. The average Bonchev–Trinajstić information content (AvgIpc) is 2.83. The van der Waals surface area contributed by atoms with Gasteiger partial charge in [0.1, 0.15) is 5.76 Å². The molecule has 1 aliphatic rings. The van der Waals surface area contributed by atoms with Crippen LogP contribution in [0.5, 0.6) is 0 Å². The fourth-order valence-corrected chi connectivity index (χ4v) is 2.25. The van der Waals surface area contributed by atoms with Gasteiger partial charge in [-0.1, -0.05) is 41.5 Å². The van der Waals surface area contributed by atoms with Gasteiger partial charge >= 0.3 is 0 Å². The molecule has 1 heteroatoms. The van der Waals surface area contributed by atoms with E-state index in [-0.39, 0.29) is 0 Å². The molecule has 0 fully saturated rings. The van der Waals surface area contributed by atoms with Crippen LogP contribution < -0.4 is 0 Å². The Morgan fingerprint density at radius 2 is 1.94 bits per heavy atom. The van der Waals surface area contributed by atoms with E-state index in [0.29, 0.717) is 0 Å².